The zero-order valence-electron chi connectivity index (χ0n) is 11.7. The van der Waals surface area contributed by atoms with Crippen molar-refractivity contribution in [2.75, 3.05) is 19.7 Å². The van der Waals surface area contributed by atoms with E-state index in [0.717, 1.165) is 32.4 Å². The summed E-state index contributed by atoms with van der Waals surface area (Å²) in [6.45, 7) is 1.74. The Morgan fingerprint density at radius 1 is 1.42 bits per heavy atom. The van der Waals surface area contributed by atoms with Crippen LogP contribution in [0.5, 0.6) is 0 Å². The van der Waals surface area contributed by atoms with Gasteiger partial charge in [0.25, 0.3) is 0 Å². The van der Waals surface area contributed by atoms with Gasteiger partial charge in [-0.2, -0.15) is 0 Å². The van der Waals surface area contributed by atoms with Crippen LogP contribution in [0.1, 0.15) is 51.4 Å². The summed E-state index contributed by atoms with van der Waals surface area (Å²) in [5.74, 6) is 0. The van der Waals surface area contributed by atoms with E-state index in [9.17, 15) is 4.79 Å². The van der Waals surface area contributed by atoms with Gasteiger partial charge in [0.05, 0.1) is 0 Å². The van der Waals surface area contributed by atoms with Gasteiger partial charge < -0.3 is 15.3 Å². The second-order valence-corrected chi connectivity index (χ2v) is 5.59. The smallest absolute Gasteiger partial charge is 0.317 e. The molecule has 4 nitrogen and oxygen atoms in total. The molecule has 0 saturated carbocycles. The van der Waals surface area contributed by atoms with Gasteiger partial charge in [0, 0.05) is 25.7 Å². The van der Waals surface area contributed by atoms with Gasteiger partial charge in [-0.3, -0.25) is 0 Å². The van der Waals surface area contributed by atoms with E-state index in [1.54, 1.807) is 0 Å². The summed E-state index contributed by atoms with van der Waals surface area (Å²) in [5, 5.41) is 12.1. The number of carbonyl (C=O) groups is 1. The third-order valence-corrected chi connectivity index (χ3v) is 4.21. The normalized spacial score (nSPS) is 23.3. The first-order chi connectivity index (χ1) is 9.31. The van der Waals surface area contributed by atoms with Gasteiger partial charge in [0.15, 0.2) is 0 Å². The zero-order valence-corrected chi connectivity index (χ0v) is 11.7. The first-order valence-electron chi connectivity index (χ1n) is 7.64. The van der Waals surface area contributed by atoms with Crippen molar-refractivity contribution >= 4 is 6.03 Å². The van der Waals surface area contributed by atoms with Crippen molar-refractivity contribution in [3.63, 3.8) is 0 Å². The Morgan fingerprint density at radius 3 is 3.05 bits per heavy atom. The number of urea groups is 1. The Morgan fingerprint density at radius 2 is 2.32 bits per heavy atom. The van der Waals surface area contributed by atoms with Crippen molar-refractivity contribution in [2.45, 2.75) is 57.4 Å². The molecule has 1 atom stereocenters. The van der Waals surface area contributed by atoms with Gasteiger partial charge in [0.2, 0.25) is 0 Å². The molecule has 0 radical (unpaired) electrons. The molecular weight excluding hydrogens is 240 g/mol. The SMILES string of the molecule is O=C(NCCC1=CCCC1)N1CCCCC1CCO. The van der Waals surface area contributed by atoms with Crippen molar-refractivity contribution in [1.82, 2.24) is 10.2 Å². The van der Waals surface area contributed by atoms with E-state index in [2.05, 4.69) is 11.4 Å². The van der Waals surface area contributed by atoms with Gasteiger partial charge in [-0.15, -0.1) is 0 Å². The maximum Gasteiger partial charge on any atom is 0.317 e. The molecule has 19 heavy (non-hydrogen) atoms. The summed E-state index contributed by atoms with van der Waals surface area (Å²) in [5.41, 5.74) is 1.49. The predicted octanol–water partition coefficient (Wildman–Crippen LogP) is 2.43. The summed E-state index contributed by atoms with van der Waals surface area (Å²) in [7, 11) is 0. The van der Waals surface area contributed by atoms with Gasteiger partial charge in [-0.1, -0.05) is 11.6 Å². The minimum Gasteiger partial charge on any atom is -0.396 e. The number of carbonyl (C=O) groups excluding carboxylic acids is 1. The molecule has 2 rings (SSSR count). The Kier molecular flexibility index (Phi) is 5.70. The van der Waals surface area contributed by atoms with Crippen molar-refractivity contribution in [1.29, 1.82) is 0 Å². The highest BCUT2D eigenvalue weighted by atomic mass is 16.3. The second-order valence-electron chi connectivity index (χ2n) is 5.59. The van der Waals surface area contributed by atoms with Gasteiger partial charge in [-0.25, -0.2) is 4.79 Å². The first-order valence-corrected chi connectivity index (χ1v) is 7.64. The average molecular weight is 266 g/mol. The maximum atomic E-state index is 12.2. The summed E-state index contributed by atoms with van der Waals surface area (Å²) >= 11 is 0. The number of nitrogens with one attached hydrogen (secondary N) is 1. The maximum absolute atomic E-state index is 12.2. The van der Waals surface area contributed by atoms with Crippen LogP contribution in [0.15, 0.2) is 11.6 Å². The summed E-state index contributed by atoms with van der Waals surface area (Å²) in [6, 6.07) is 0.279. The van der Waals surface area contributed by atoms with Crippen LogP contribution in [0.2, 0.25) is 0 Å². The Labute approximate surface area is 115 Å². The van der Waals surface area contributed by atoms with Crippen LogP contribution in [0, 0.1) is 0 Å². The topological polar surface area (TPSA) is 52.6 Å². The third-order valence-electron chi connectivity index (χ3n) is 4.21. The van der Waals surface area contributed by atoms with E-state index in [1.165, 1.54) is 31.3 Å². The monoisotopic (exact) mass is 266 g/mol. The van der Waals surface area contributed by atoms with Crippen LogP contribution in [0.4, 0.5) is 4.79 Å². The molecule has 0 aromatic rings. The van der Waals surface area contributed by atoms with Crippen molar-refractivity contribution in [3.05, 3.63) is 11.6 Å². The van der Waals surface area contributed by atoms with Crippen molar-refractivity contribution < 1.29 is 9.90 Å². The first kappa shape index (κ1) is 14.4. The van der Waals surface area contributed by atoms with Crippen LogP contribution >= 0.6 is 0 Å². The molecule has 2 N–H and O–H groups in total. The second kappa shape index (κ2) is 7.53. The van der Waals surface area contributed by atoms with Gasteiger partial charge >= 0.3 is 6.03 Å². The molecule has 1 saturated heterocycles. The number of nitrogens with zero attached hydrogens (tertiary/aromatic N) is 1. The van der Waals surface area contributed by atoms with E-state index in [0.29, 0.717) is 6.42 Å². The quantitative estimate of drug-likeness (QED) is 0.751. The number of rotatable bonds is 5. The summed E-state index contributed by atoms with van der Waals surface area (Å²) < 4.78 is 0. The fraction of sp³-hybridized carbons (Fsp3) is 0.800. The molecule has 108 valence electrons. The van der Waals surface area contributed by atoms with Crippen LogP contribution < -0.4 is 5.32 Å². The van der Waals surface area contributed by atoms with Crippen LogP contribution in [-0.2, 0) is 0 Å². The number of amides is 2. The largest absolute Gasteiger partial charge is 0.396 e. The Hall–Kier alpha value is -1.03. The molecule has 0 aromatic heterocycles. The minimum atomic E-state index is 0.0525. The highest BCUT2D eigenvalue weighted by Crippen LogP contribution is 2.21. The molecule has 1 aliphatic heterocycles. The lowest BCUT2D eigenvalue weighted by Crippen LogP contribution is -2.49. The van der Waals surface area contributed by atoms with Crippen molar-refractivity contribution in [2.24, 2.45) is 0 Å². The van der Waals surface area contributed by atoms with Crippen LogP contribution in [0.3, 0.4) is 0 Å². The fourth-order valence-corrected chi connectivity index (χ4v) is 3.11. The van der Waals surface area contributed by atoms with E-state index < -0.39 is 0 Å². The van der Waals surface area contributed by atoms with Crippen LogP contribution in [-0.4, -0.2) is 41.8 Å². The molecule has 1 aliphatic carbocycles. The standard InChI is InChI=1S/C15H26N2O2/c18-12-9-14-7-3-4-11-17(14)15(19)16-10-8-13-5-1-2-6-13/h5,14,18H,1-4,6-12H2,(H,16,19). The Balaban J connectivity index is 1.73. The molecule has 1 fully saturated rings. The number of hydrogen-bond donors (Lipinski definition) is 2. The number of hydrogen-bond acceptors (Lipinski definition) is 2. The lowest BCUT2D eigenvalue weighted by molar-refractivity contribution is 0.132. The van der Waals surface area contributed by atoms with Crippen LogP contribution in [0.25, 0.3) is 0 Å². The molecule has 0 spiro atoms. The molecule has 1 unspecified atom stereocenters. The molecular formula is C15H26N2O2. The summed E-state index contributed by atoms with van der Waals surface area (Å²) in [6.07, 6.45) is 11.0. The number of aliphatic hydroxyl groups is 1. The highest BCUT2D eigenvalue weighted by molar-refractivity contribution is 5.74. The molecule has 0 aromatic carbocycles. The highest BCUT2D eigenvalue weighted by Gasteiger charge is 2.25. The van der Waals surface area contributed by atoms with E-state index in [1.807, 2.05) is 4.90 Å². The summed E-state index contributed by atoms with van der Waals surface area (Å²) in [4.78, 5) is 14.1. The molecule has 2 amide bonds. The number of likely N-dealkylation sites (tertiary alicyclic amines) is 1. The van der Waals surface area contributed by atoms with Crippen molar-refractivity contribution in [3.8, 4) is 0 Å². The molecule has 0 bridgehead atoms. The molecule has 2 aliphatic rings. The zero-order chi connectivity index (χ0) is 13.5. The minimum absolute atomic E-state index is 0.0525. The number of allylic oxidation sites excluding steroid dienone is 1. The lowest BCUT2D eigenvalue weighted by atomic mass is 10.0. The molecule has 1 heterocycles. The van der Waals surface area contributed by atoms with E-state index >= 15 is 0 Å². The Bertz CT molecular complexity index is 326. The fourth-order valence-electron chi connectivity index (χ4n) is 3.11. The molecule has 4 heteroatoms. The lowest BCUT2D eigenvalue weighted by Gasteiger charge is -2.35. The van der Waals surface area contributed by atoms with E-state index in [4.69, 9.17) is 5.11 Å². The predicted molar refractivity (Wildman–Crippen MR) is 76.0 cm³/mol. The van der Waals surface area contributed by atoms with Gasteiger partial charge in [0.1, 0.15) is 0 Å². The number of piperidine rings is 1. The van der Waals surface area contributed by atoms with E-state index in [-0.39, 0.29) is 18.7 Å². The number of aliphatic hydroxyl groups excluding tert-OH is 1. The third kappa shape index (κ3) is 4.23. The van der Waals surface area contributed by atoms with Gasteiger partial charge in [-0.05, 0) is 51.4 Å². The average Bonchev–Trinajstić information content (AvgIpc) is 2.93.